The summed E-state index contributed by atoms with van der Waals surface area (Å²) in [6.45, 7) is 10.0. The molecule has 26 heavy (non-hydrogen) atoms. The van der Waals surface area contributed by atoms with E-state index in [-0.39, 0.29) is 30.5 Å². The molecule has 3 N–H and O–H groups in total. The lowest BCUT2D eigenvalue weighted by Gasteiger charge is -2.32. The first-order valence-electron chi connectivity index (χ1n) is 9.30. The van der Waals surface area contributed by atoms with Crippen molar-refractivity contribution in [2.24, 2.45) is 10.9 Å². The van der Waals surface area contributed by atoms with Gasteiger partial charge in [0, 0.05) is 19.1 Å². The molecule has 1 aromatic heterocycles. The van der Waals surface area contributed by atoms with E-state index in [1.165, 1.54) is 0 Å². The van der Waals surface area contributed by atoms with Gasteiger partial charge in [0.2, 0.25) is 0 Å². The van der Waals surface area contributed by atoms with Crippen molar-refractivity contribution in [1.82, 2.24) is 15.5 Å². The zero-order valence-corrected chi connectivity index (χ0v) is 19.4. The first kappa shape index (κ1) is 25.2. The summed E-state index contributed by atoms with van der Waals surface area (Å²) in [6.07, 6.45) is 3.87. The highest BCUT2D eigenvalue weighted by Crippen LogP contribution is 2.21. The van der Waals surface area contributed by atoms with Gasteiger partial charge in [-0.3, -0.25) is 0 Å². The highest BCUT2D eigenvalue weighted by molar-refractivity contribution is 14.0. The molecule has 0 aliphatic carbocycles. The molecule has 0 amide bonds. The molecule has 0 aliphatic heterocycles. The summed E-state index contributed by atoms with van der Waals surface area (Å²) < 4.78 is 5.31. The van der Waals surface area contributed by atoms with Gasteiger partial charge < -0.3 is 25.1 Å². The number of nitrogens with one attached hydrogen (secondary N) is 2. The Kier molecular flexibility index (Phi) is 12.2. The van der Waals surface area contributed by atoms with E-state index in [0.29, 0.717) is 23.7 Å². The Morgan fingerprint density at radius 3 is 2.38 bits per heavy atom. The van der Waals surface area contributed by atoms with Crippen LogP contribution in [0.25, 0.3) is 0 Å². The quantitative estimate of drug-likeness (QED) is 0.273. The molecule has 0 aliphatic rings. The highest BCUT2D eigenvalue weighted by atomic mass is 127. The molecule has 0 fully saturated rings. The van der Waals surface area contributed by atoms with Crippen LogP contribution < -0.4 is 10.6 Å². The Balaban J connectivity index is 0.00000625. The van der Waals surface area contributed by atoms with Crippen LogP contribution in [-0.2, 0) is 5.60 Å². The van der Waals surface area contributed by atoms with Crippen molar-refractivity contribution in [2.45, 2.75) is 52.2 Å². The van der Waals surface area contributed by atoms with Crippen molar-refractivity contribution in [3.05, 3.63) is 24.2 Å². The Bertz CT molecular complexity index is 500. The van der Waals surface area contributed by atoms with Gasteiger partial charge in [-0.2, -0.15) is 0 Å². The van der Waals surface area contributed by atoms with Crippen LogP contribution in [0.1, 0.15) is 46.3 Å². The second-order valence-corrected chi connectivity index (χ2v) is 6.93. The van der Waals surface area contributed by atoms with Crippen molar-refractivity contribution in [1.29, 1.82) is 0 Å². The average Bonchev–Trinajstić information content (AvgIpc) is 3.11. The van der Waals surface area contributed by atoms with E-state index in [9.17, 15) is 5.11 Å². The summed E-state index contributed by atoms with van der Waals surface area (Å²) >= 11 is 0. The normalized spacial score (nSPS) is 15.5. The van der Waals surface area contributed by atoms with Crippen LogP contribution in [0.2, 0.25) is 0 Å². The molecule has 2 atom stereocenters. The van der Waals surface area contributed by atoms with Crippen molar-refractivity contribution >= 4 is 29.9 Å². The zero-order chi connectivity index (χ0) is 18.9. The smallest absolute Gasteiger partial charge is 0.191 e. The minimum atomic E-state index is -1.12. The number of aliphatic hydroxyl groups is 1. The molecular weight excluding hydrogens is 443 g/mol. The van der Waals surface area contributed by atoms with E-state index in [0.717, 1.165) is 25.9 Å². The highest BCUT2D eigenvalue weighted by Gasteiger charge is 2.26. The number of aliphatic imine (C=N–C) groups is 1. The van der Waals surface area contributed by atoms with E-state index in [4.69, 9.17) is 4.42 Å². The molecule has 0 radical (unpaired) electrons. The zero-order valence-electron chi connectivity index (χ0n) is 17.1. The van der Waals surface area contributed by atoms with Gasteiger partial charge in [0.05, 0.1) is 12.8 Å². The standard InChI is InChI=1S/C19H36N4O2.HI/c1-7-15(8-2)16(23(5)6)13-21-18(20-9-3)22-14-19(4,24)17-11-10-12-25-17;/h10-12,15-16,24H,7-9,13-14H2,1-6H3,(H2,20,21,22);1H. The second kappa shape index (κ2) is 12.6. The molecular formula is C19H37IN4O2. The van der Waals surface area contributed by atoms with Gasteiger partial charge in [0.1, 0.15) is 11.4 Å². The molecule has 6 nitrogen and oxygen atoms in total. The lowest BCUT2D eigenvalue weighted by molar-refractivity contribution is 0.0436. The maximum atomic E-state index is 10.6. The fraction of sp³-hybridized carbons (Fsp3) is 0.737. The lowest BCUT2D eigenvalue weighted by Crippen LogP contribution is -2.48. The SMILES string of the molecule is CCNC(=NCC(C)(O)c1ccco1)NCC(C(CC)CC)N(C)C.I. The summed E-state index contributed by atoms with van der Waals surface area (Å²) in [5.74, 6) is 1.87. The third kappa shape index (κ3) is 7.84. The van der Waals surface area contributed by atoms with Crippen molar-refractivity contribution in [2.75, 3.05) is 33.7 Å². The van der Waals surface area contributed by atoms with Crippen LogP contribution in [-0.4, -0.2) is 55.7 Å². The largest absolute Gasteiger partial charge is 0.466 e. The van der Waals surface area contributed by atoms with E-state index in [1.807, 2.05) is 6.92 Å². The Morgan fingerprint density at radius 1 is 1.27 bits per heavy atom. The van der Waals surface area contributed by atoms with E-state index in [1.54, 1.807) is 25.3 Å². The van der Waals surface area contributed by atoms with Gasteiger partial charge in [-0.05, 0) is 46.0 Å². The molecule has 1 rings (SSSR count). The van der Waals surface area contributed by atoms with Crippen molar-refractivity contribution < 1.29 is 9.52 Å². The van der Waals surface area contributed by atoms with E-state index >= 15 is 0 Å². The van der Waals surface area contributed by atoms with Crippen LogP contribution in [0, 0.1) is 5.92 Å². The van der Waals surface area contributed by atoms with E-state index < -0.39 is 5.60 Å². The number of nitrogens with zero attached hydrogens (tertiary/aromatic N) is 2. The van der Waals surface area contributed by atoms with Crippen LogP contribution in [0.3, 0.4) is 0 Å². The number of hydrogen-bond donors (Lipinski definition) is 3. The molecule has 0 spiro atoms. The number of hydrogen-bond acceptors (Lipinski definition) is 4. The molecule has 2 unspecified atom stereocenters. The first-order valence-corrected chi connectivity index (χ1v) is 9.30. The minimum Gasteiger partial charge on any atom is -0.466 e. The summed E-state index contributed by atoms with van der Waals surface area (Å²) in [5.41, 5.74) is -1.12. The van der Waals surface area contributed by atoms with Gasteiger partial charge >= 0.3 is 0 Å². The molecule has 0 aromatic carbocycles. The summed E-state index contributed by atoms with van der Waals surface area (Å²) in [4.78, 5) is 6.82. The first-order chi connectivity index (χ1) is 11.9. The molecule has 152 valence electrons. The summed E-state index contributed by atoms with van der Waals surface area (Å²) in [7, 11) is 4.24. The fourth-order valence-electron chi connectivity index (χ4n) is 3.04. The van der Waals surface area contributed by atoms with Gasteiger partial charge in [-0.25, -0.2) is 4.99 Å². The lowest BCUT2D eigenvalue weighted by atomic mass is 9.93. The molecule has 0 saturated heterocycles. The fourth-order valence-corrected chi connectivity index (χ4v) is 3.04. The Morgan fingerprint density at radius 2 is 1.92 bits per heavy atom. The van der Waals surface area contributed by atoms with Gasteiger partial charge in [0.15, 0.2) is 5.96 Å². The average molecular weight is 480 g/mol. The van der Waals surface area contributed by atoms with Gasteiger partial charge in [0.25, 0.3) is 0 Å². The third-order valence-corrected chi connectivity index (χ3v) is 4.68. The molecule has 0 saturated carbocycles. The van der Waals surface area contributed by atoms with Crippen LogP contribution >= 0.6 is 24.0 Å². The predicted molar refractivity (Wildman–Crippen MR) is 119 cm³/mol. The number of likely N-dealkylation sites (N-methyl/N-ethyl adjacent to an activating group) is 1. The predicted octanol–water partition coefficient (Wildman–Crippen LogP) is 3.03. The van der Waals surface area contributed by atoms with Crippen LogP contribution in [0.4, 0.5) is 0 Å². The van der Waals surface area contributed by atoms with Gasteiger partial charge in [-0.1, -0.05) is 26.7 Å². The minimum absolute atomic E-state index is 0. The monoisotopic (exact) mass is 480 g/mol. The number of guanidine groups is 1. The topological polar surface area (TPSA) is 73.0 Å². The third-order valence-electron chi connectivity index (χ3n) is 4.68. The Labute approximate surface area is 175 Å². The van der Waals surface area contributed by atoms with Crippen LogP contribution in [0.5, 0.6) is 0 Å². The van der Waals surface area contributed by atoms with Crippen molar-refractivity contribution in [3.63, 3.8) is 0 Å². The number of rotatable bonds is 10. The summed E-state index contributed by atoms with van der Waals surface area (Å²) in [5, 5.41) is 17.2. The molecule has 0 bridgehead atoms. The van der Waals surface area contributed by atoms with E-state index in [2.05, 4.69) is 48.5 Å². The van der Waals surface area contributed by atoms with Gasteiger partial charge in [-0.15, -0.1) is 24.0 Å². The summed E-state index contributed by atoms with van der Waals surface area (Å²) in [6, 6.07) is 3.98. The maximum absolute atomic E-state index is 10.6. The molecule has 7 heteroatoms. The molecule has 1 heterocycles. The Hall–Kier alpha value is -0.800. The van der Waals surface area contributed by atoms with Crippen LogP contribution in [0.15, 0.2) is 27.8 Å². The van der Waals surface area contributed by atoms with Crippen molar-refractivity contribution in [3.8, 4) is 0 Å². The molecule has 1 aromatic rings. The second-order valence-electron chi connectivity index (χ2n) is 6.93. The number of halogens is 1. The maximum Gasteiger partial charge on any atom is 0.191 e. The number of furan rings is 1.